The van der Waals surface area contributed by atoms with Crippen molar-refractivity contribution in [2.45, 2.75) is 108 Å². The Labute approximate surface area is 459 Å². The number of hydrogen-bond acceptors (Lipinski definition) is 20. The van der Waals surface area contributed by atoms with Gasteiger partial charge in [0.05, 0.1) is 86.9 Å². The molecule has 0 saturated carbocycles. The Bertz CT molecular complexity index is 3260. The molecule has 432 valence electrons. The number of aromatic nitrogens is 2. The molecule has 7 atom stereocenters. The molecule has 1 aliphatic carbocycles. The van der Waals surface area contributed by atoms with Crippen LogP contribution >= 0.6 is 0 Å². The lowest BCUT2D eigenvalue weighted by Crippen LogP contribution is -2.61. The zero-order valence-electron chi connectivity index (χ0n) is 43.9. The number of fused-ring (bicyclic) bond motifs is 5. The molecule has 8 N–H and O–H groups in total. The lowest BCUT2D eigenvalue weighted by atomic mass is 9.81. The minimum atomic E-state index is -2.09. The second kappa shape index (κ2) is 24.5. The van der Waals surface area contributed by atoms with Gasteiger partial charge in [0.15, 0.2) is 11.7 Å². The number of amides is 5. The van der Waals surface area contributed by atoms with Crippen LogP contribution in [0.4, 0.5) is 14.9 Å². The fourth-order valence-electron chi connectivity index (χ4n) is 10.3. The molecule has 1 fully saturated rings. The number of anilines is 1. The highest BCUT2D eigenvalue weighted by atomic mass is 19.1. The van der Waals surface area contributed by atoms with E-state index < -0.39 is 102 Å². The van der Waals surface area contributed by atoms with Gasteiger partial charge < -0.3 is 79.2 Å². The number of aliphatic hydroxyl groups excluding tert-OH is 3. The van der Waals surface area contributed by atoms with Crippen LogP contribution in [0.15, 0.2) is 47.3 Å². The Kier molecular flexibility index (Phi) is 17.5. The number of halogens is 1. The van der Waals surface area contributed by atoms with E-state index in [4.69, 9.17) is 38.1 Å². The summed E-state index contributed by atoms with van der Waals surface area (Å²) in [6.45, 7) is 3.46. The number of nitrogens with zero attached hydrogens (tertiary/aromatic N) is 3. The summed E-state index contributed by atoms with van der Waals surface area (Å²) in [5.41, 5.74) is 0.813. The van der Waals surface area contributed by atoms with E-state index in [1.54, 1.807) is 13.8 Å². The Balaban J connectivity index is 0.831. The molecule has 26 nitrogen and oxygen atoms in total. The maximum absolute atomic E-state index is 15.5. The van der Waals surface area contributed by atoms with E-state index in [1.165, 1.54) is 47.1 Å². The summed E-state index contributed by atoms with van der Waals surface area (Å²) in [4.78, 5) is 108. The van der Waals surface area contributed by atoms with E-state index in [2.05, 4.69) is 16.0 Å². The molecule has 5 amide bonds. The standard InChI is InChI=1S/C54H59FN6O20/c1-3-54(74)31-21-36-44-29(23-61(36)49(69)30(31)25-78-52(54)72)43-33(6-5-28-26(2)32(55)22-35(58-44)42(28)43)59-53(73)79-24-27-4-7-37(80-51-47(68)45(66)46(67)48(81-51)50(70)71)34(20-27)57-39(63)10-12-56-38(62)11-14-75-16-18-77-19-17-76-15-13-60-40(64)8-9-41(60)65/h4,7-9,20-22,33,45-48,51,66-68,74H,3,5-6,10-19,23-25H2,1-2H3,(H,56,62)(H,57,63)(H,59,73)(H,70,71)/t33-,45-,46-,47+,48-,51+,54+/m0/s1. The van der Waals surface area contributed by atoms with Gasteiger partial charge >= 0.3 is 18.0 Å². The first-order chi connectivity index (χ1) is 38.8. The number of carbonyl (C=O) groups excluding carboxylic acids is 6. The smallest absolute Gasteiger partial charge is 0.407 e. The van der Waals surface area contributed by atoms with Crippen molar-refractivity contribution in [1.29, 1.82) is 0 Å². The number of aliphatic hydroxyl groups is 4. The number of pyridine rings is 2. The van der Waals surface area contributed by atoms with E-state index in [0.717, 1.165) is 4.90 Å². The molecule has 9 rings (SSSR count). The number of aliphatic carboxylic acids is 1. The first-order valence-corrected chi connectivity index (χ1v) is 26.1. The highest BCUT2D eigenvalue weighted by molar-refractivity contribution is 6.12. The van der Waals surface area contributed by atoms with Crippen molar-refractivity contribution in [3.05, 3.63) is 97.6 Å². The third kappa shape index (κ3) is 12.0. The average Bonchev–Trinajstić information content (AvgIpc) is 4.11. The number of aryl methyl sites for hydroxylation is 1. The largest absolute Gasteiger partial charge is 0.479 e. The third-order valence-corrected chi connectivity index (χ3v) is 14.7. The van der Waals surface area contributed by atoms with E-state index in [9.17, 15) is 63.9 Å². The summed E-state index contributed by atoms with van der Waals surface area (Å²) in [6, 6.07) is 6.12. The molecule has 27 heteroatoms. The topological polar surface area (TPSA) is 359 Å². The second-order valence-electron chi connectivity index (χ2n) is 19.7. The summed E-state index contributed by atoms with van der Waals surface area (Å²) in [5, 5.41) is 61.1. The average molecular weight is 1130 g/mol. The number of carboxylic acids is 1. The van der Waals surface area contributed by atoms with Gasteiger partial charge in [-0.2, -0.15) is 0 Å². The molecule has 6 heterocycles. The number of rotatable bonds is 23. The monoisotopic (exact) mass is 1130 g/mol. The van der Waals surface area contributed by atoms with Crippen molar-refractivity contribution in [3.8, 4) is 17.1 Å². The minimum Gasteiger partial charge on any atom is -0.479 e. The van der Waals surface area contributed by atoms with Crippen LogP contribution in [0.2, 0.25) is 0 Å². The van der Waals surface area contributed by atoms with Crippen LogP contribution in [0.3, 0.4) is 0 Å². The number of imide groups is 1. The second-order valence-corrected chi connectivity index (χ2v) is 19.7. The van der Waals surface area contributed by atoms with E-state index in [-0.39, 0.29) is 131 Å². The quantitative estimate of drug-likeness (QED) is 0.0251. The van der Waals surface area contributed by atoms with Crippen molar-refractivity contribution >= 4 is 58.3 Å². The number of nitrogens with one attached hydrogen (secondary N) is 3. The summed E-state index contributed by atoms with van der Waals surface area (Å²) < 4.78 is 55.2. The lowest BCUT2D eigenvalue weighted by Gasteiger charge is -2.38. The van der Waals surface area contributed by atoms with Gasteiger partial charge in [-0.25, -0.2) is 23.8 Å². The molecular formula is C54H59FN6O20. The summed E-state index contributed by atoms with van der Waals surface area (Å²) in [6.07, 6.45) is -8.19. The normalized spacial score (nSPS) is 22.5. The SMILES string of the molecule is CC[C@]1(O)C(=O)OCc2c1cc1n(c2=O)Cc2c-1nc1cc(F)c(C)c3c1c2[C@@H](NC(=O)OCc1ccc(O[C@@H]2O[C@H](C(=O)O)[C@@H](O)[C@H](O)[C@H]2O)c(NC(=O)CCNC(=O)CCOCCOCCOCCN2C(=O)C=CC2=O)c1)CC3. The van der Waals surface area contributed by atoms with E-state index in [1.807, 2.05) is 0 Å². The molecule has 0 bridgehead atoms. The molecule has 0 spiro atoms. The van der Waals surface area contributed by atoms with Crippen LogP contribution in [-0.4, -0.2) is 165 Å². The lowest BCUT2D eigenvalue weighted by molar-refractivity contribution is -0.271. The molecule has 1 saturated heterocycles. The van der Waals surface area contributed by atoms with Gasteiger partial charge in [0.2, 0.25) is 18.1 Å². The van der Waals surface area contributed by atoms with Crippen LogP contribution in [0.5, 0.6) is 5.75 Å². The molecule has 81 heavy (non-hydrogen) atoms. The Morgan fingerprint density at radius 3 is 2.31 bits per heavy atom. The molecule has 0 unspecified atom stereocenters. The van der Waals surface area contributed by atoms with E-state index in [0.29, 0.717) is 39.8 Å². The summed E-state index contributed by atoms with van der Waals surface area (Å²) in [5.74, 6) is -5.15. The van der Waals surface area contributed by atoms with Crippen LogP contribution in [0.25, 0.3) is 22.3 Å². The number of cyclic esters (lactones) is 1. The first-order valence-electron chi connectivity index (χ1n) is 26.1. The highest BCUT2D eigenvalue weighted by Gasteiger charge is 2.49. The van der Waals surface area contributed by atoms with Crippen LogP contribution in [-0.2, 0) is 89.0 Å². The molecular weight excluding hydrogens is 1070 g/mol. The van der Waals surface area contributed by atoms with Gasteiger partial charge in [0.25, 0.3) is 17.4 Å². The maximum atomic E-state index is 15.5. The fourth-order valence-corrected chi connectivity index (χ4v) is 10.3. The predicted molar refractivity (Wildman–Crippen MR) is 274 cm³/mol. The maximum Gasteiger partial charge on any atom is 0.407 e. The minimum absolute atomic E-state index is 0.00598. The van der Waals surface area contributed by atoms with Gasteiger partial charge in [0, 0.05) is 54.1 Å². The number of carboxylic acid groups (broad SMARTS) is 1. The number of alkyl carbamates (subject to hydrolysis) is 1. The molecule has 5 aliphatic rings. The number of hydrogen-bond donors (Lipinski definition) is 8. The zero-order valence-corrected chi connectivity index (χ0v) is 43.9. The molecule has 4 aliphatic heterocycles. The van der Waals surface area contributed by atoms with Crippen molar-refractivity contribution in [2.24, 2.45) is 0 Å². The summed E-state index contributed by atoms with van der Waals surface area (Å²) >= 11 is 0. The van der Waals surface area contributed by atoms with Gasteiger partial charge in [-0.1, -0.05) is 13.0 Å². The molecule has 2 aromatic carbocycles. The highest BCUT2D eigenvalue weighted by Crippen LogP contribution is 2.46. The van der Waals surface area contributed by atoms with Crippen molar-refractivity contribution in [3.63, 3.8) is 0 Å². The van der Waals surface area contributed by atoms with Crippen LogP contribution in [0.1, 0.15) is 77.6 Å². The number of ether oxygens (including phenoxy) is 7. The van der Waals surface area contributed by atoms with Crippen LogP contribution < -0.4 is 26.2 Å². The van der Waals surface area contributed by atoms with E-state index >= 15 is 4.39 Å². The summed E-state index contributed by atoms with van der Waals surface area (Å²) in [7, 11) is 0. The number of benzene rings is 2. The third-order valence-electron chi connectivity index (χ3n) is 14.7. The van der Waals surface area contributed by atoms with Gasteiger partial charge in [-0.05, 0) is 66.6 Å². The Morgan fingerprint density at radius 1 is 0.877 bits per heavy atom. The Morgan fingerprint density at radius 2 is 1.59 bits per heavy atom. The Hall–Kier alpha value is -7.76. The predicted octanol–water partition coefficient (Wildman–Crippen LogP) is 0.522. The molecule has 0 radical (unpaired) electrons. The van der Waals surface area contributed by atoms with Gasteiger partial charge in [-0.15, -0.1) is 0 Å². The molecule has 4 aromatic rings. The van der Waals surface area contributed by atoms with Crippen molar-refractivity contribution in [2.75, 3.05) is 58.0 Å². The fraction of sp³-hybridized carbons (Fsp3) is 0.463. The molecule has 2 aromatic heterocycles. The first kappa shape index (κ1) is 57.9. The zero-order chi connectivity index (χ0) is 57.9. The van der Waals surface area contributed by atoms with Gasteiger partial charge in [0.1, 0.15) is 43.1 Å². The van der Waals surface area contributed by atoms with Crippen molar-refractivity contribution in [1.82, 2.24) is 25.1 Å². The number of carbonyl (C=O) groups is 7. The number of esters is 1. The van der Waals surface area contributed by atoms with Crippen molar-refractivity contribution < 1.29 is 96.6 Å². The van der Waals surface area contributed by atoms with Crippen LogP contribution in [0, 0.1) is 12.7 Å². The van der Waals surface area contributed by atoms with Gasteiger partial charge in [-0.3, -0.25) is 28.9 Å².